The number of benzene rings is 1. The molecule has 0 saturated heterocycles. The third kappa shape index (κ3) is 1.53. The van der Waals surface area contributed by atoms with E-state index < -0.39 is 5.97 Å². The Morgan fingerprint density at radius 2 is 2.40 bits per heavy atom. The van der Waals surface area contributed by atoms with Crippen molar-refractivity contribution in [3.8, 4) is 6.07 Å². The fourth-order valence-electron chi connectivity index (χ4n) is 1.32. The smallest absolute Gasteiger partial charge is 0.392 e. The topological polar surface area (TPSA) is 87.1 Å². The molecule has 0 aliphatic carbocycles. The van der Waals surface area contributed by atoms with E-state index in [1.54, 1.807) is 18.2 Å². The Hall–Kier alpha value is -2.35. The lowest BCUT2D eigenvalue weighted by Crippen LogP contribution is -1.94. The van der Waals surface area contributed by atoms with E-state index in [9.17, 15) is 4.79 Å². The Balaban J connectivity index is 2.65. The van der Waals surface area contributed by atoms with Gasteiger partial charge in [0.15, 0.2) is 5.58 Å². The molecule has 0 bridgehead atoms. The molecule has 0 saturated carbocycles. The zero-order valence-electron chi connectivity index (χ0n) is 7.60. The van der Waals surface area contributed by atoms with Gasteiger partial charge in [0.05, 0.1) is 12.5 Å². The van der Waals surface area contributed by atoms with Gasteiger partial charge < -0.3 is 9.52 Å². The van der Waals surface area contributed by atoms with Crippen LogP contribution in [0.5, 0.6) is 0 Å². The summed E-state index contributed by atoms with van der Waals surface area (Å²) in [5.41, 5.74) is 1.48. The number of nitrogens with zero attached hydrogens (tertiary/aromatic N) is 2. The molecule has 0 spiro atoms. The van der Waals surface area contributed by atoms with E-state index in [4.69, 9.17) is 14.8 Å². The summed E-state index contributed by atoms with van der Waals surface area (Å²) >= 11 is 0. The first-order chi connectivity index (χ1) is 7.22. The van der Waals surface area contributed by atoms with E-state index >= 15 is 0 Å². The van der Waals surface area contributed by atoms with Crippen molar-refractivity contribution in [1.29, 1.82) is 5.26 Å². The maximum atomic E-state index is 10.6. The summed E-state index contributed by atoms with van der Waals surface area (Å²) in [5, 5.41) is 17.3. The predicted molar refractivity (Wildman–Crippen MR) is 50.3 cm³/mol. The molecule has 0 aliphatic heterocycles. The second-order valence-electron chi connectivity index (χ2n) is 2.92. The van der Waals surface area contributed by atoms with Crippen LogP contribution >= 0.6 is 0 Å². The van der Waals surface area contributed by atoms with E-state index in [1.807, 2.05) is 6.07 Å². The molecular formula is C10H6N2O3. The van der Waals surface area contributed by atoms with Crippen molar-refractivity contribution in [2.24, 2.45) is 0 Å². The molecule has 5 nitrogen and oxygen atoms in total. The summed E-state index contributed by atoms with van der Waals surface area (Å²) < 4.78 is 5.05. The zero-order valence-corrected chi connectivity index (χ0v) is 7.60. The summed E-state index contributed by atoms with van der Waals surface area (Å²) in [4.78, 5) is 14.4. The SMILES string of the molecule is N#CCc1cccc2nc(C(=O)O)oc12. The molecule has 0 fully saturated rings. The Morgan fingerprint density at radius 3 is 3.07 bits per heavy atom. The molecule has 2 aromatic rings. The molecule has 0 atom stereocenters. The van der Waals surface area contributed by atoms with Crippen LogP contribution < -0.4 is 0 Å². The first-order valence-electron chi connectivity index (χ1n) is 4.21. The highest BCUT2D eigenvalue weighted by Crippen LogP contribution is 2.20. The Kier molecular flexibility index (Phi) is 2.10. The molecule has 1 N–H and O–H groups in total. The van der Waals surface area contributed by atoms with Crippen molar-refractivity contribution in [2.45, 2.75) is 6.42 Å². The van der Waals surface area contributed by atoms with Crippen LogP contribution in [0.2, 0.25) is 0 Å². The van der Waals surface area contributed by atoms with E-state index in [-0.39, 0.29) is 12.3 Å². The zero-order chi connectivity index (χ0) is 10.8. The Morgan fingerprint density at radius 1 is 1.60 bits per heavy atom. The molecule has 0 aliphatic rings. The number of nitriles is 1. The normalized spacial score (nSPS) is 10.1. The summed E-state index contributed by atoms with van der Waals surface area (Å²) in [6, 6.07) is 7.05. The van der Waals surface area contributed by atoms with Crippen molar-refractivity contribution in [3.63, 3.8) is 0 Å². The first kappa shape index (κ1) is 9.21. The number of carboxylic acids is 1. The van der Waals surface area contributed by atoms with Crippen LogP contribution in [0.3, 0.4) is 0 Å². The minimum Gasteiger partial charge on any atom is -0.474 e. The van der Waals surface area contributed by atoms with Crippen molar-refractivity contribution in [3.05, 3.63) is 29.7 Å². The van der Waals surface area contributed by atoms with E-state index in [2.05, 4.69) is 4.98 Å². The molecule has 0 amide bonds. The Labute approximate surface area is 84.6 Å². The lowest BCUT2D eigenvalue weighted by molar-refractivity contribution is 0.0656. The Bertz CT molecular complexity index is 566. The number of carbonyl (C=O) groups is 1. The molecule has 5 heteroatoms. The van der Waals surface area contributed by atoms with Gasteiger partial charge in [0.2, 0.25) is 0 Å². The van der Waals surface area contributed by atoms with Crippen LogP contribution in [0.1, 0.15) is 16.2 Å². The van der Waals surface area contributed by atoms with Gasteiger partial charge in [-0.15, -0.1) is 0 Å². The summed E-state index contributed by atoms with van der Waals surface area (Å²) in [6.07, 6.45) is 0.172. The van der Waals surface area contributed by atoms with Gasteiger partial charge in [-0.1, -0.05) is 12.1 Å². The average molecular weight is 202 g/mol. The lowest BCUT2D eigenvalue weighted by Gasteiger charge is -1.92. The van der Waals surface area contributed by atoms with Crippen LogP contribution in [-0.4, -0.2) is 16.1 Å². The number of fused-ring (bicyclic) bond motifs is 1. The van der Waals surface area contributed by atoms with Crippen LogP contribution in [0, 0.1) is 11.3 Å². The van der Waals surface area contributed by atoms with E-state index in [0.29, 0.717) is 16.7 Å². The van der Waals surface area contributed by atoms with Crippen molar-refractivity contribution < 1.29 is 14.3 Å². The van der Waals surface area contributed by atoms with Crippen LogP contribution in [0.25, 0.3) is 11.1 Å². The van der Waals surface area contributed by atoms with Gasteiger partial charge in [-0.2, -0.15) is 5.26 Å². The van der Waals surface area contributed by atoms with E-state index in [0.717, 1.165) is 0 Å². The van der Waals surface area contributed by atoms with Crippen LogP contribution in [0.15, 0.2) is 22.6 Å². The summed E-state index contributed by atoms with van der Waals surface area (Å²) in [7, 11) is 0. The monoisotopic (exact) mass is 202 g/mol. The van der Waals surface area contributed by atoms with Gasteiger partial charge in [0.1, 0.15) is 5.52 Å². The maximum absolute atomic E-state index is 10.6. The van der Waals surface area contributed by atoms with E-state index in [1.165, 1.54) is 0 Å². The van der Waals surface area contributed by atoms with Gasteiger partial charge in [0.25, 0.3) is 0 Å². The standard InChI is InChI=1S/C10H6N2O3/c11-5-4-6-2-1-3-7-8(6)15-9(12-7)10(13)14/h1-3H,4H2,(H,13,14). The van der Waals surface area contributed by atoms with Gasteiger partial charge in [-0.25, -0.2) is 9.78 Å². The number of rotatable bonds is 2. The highest BCUT2D eigenvalue weighted by atomic mass is 16.4. The third-order valence-corrected chi connectivity index (χ3v) is 1.95. The maximum Gasteiger partial charge on any atom is 0.392 e. The molecule has 0 radical (unpaired) electrons. The largest absolute Gasteiger partial charge is 0.474 e. The quantitative estimate of drug-likeness (QED) is 0.798. The molecule has 15 heavy (non-hydrogen) atoms. The predicted octanol–water partition coefficient (Wildman–Crippen LogP) is 1.59. The average Bonchev–Trinajstić information content (AvgIpc) is 2.63. The fourth-order valence-corrected chi connectivity index (χ4v) is 1.32. The number of aromatic nitrogens is 1. The highest BCUT2D eigenvalue weighted by Gasteiger charge is 2.14. The molecule has 74 valence electrons. The van der Waals surface area contributed by atoms with Gasteiger partial charge in [-0.05, 0) is 6.07 Å². The number of carboxylic acid groups (broad SMARTS) is 1. The fraction of sp³-hybridized carbons (Fsp3) is 0.100. The van der Waals surface area contributed by atoms with Crippen LogP contribution in [-0.2, 0) is 6.42 Å². The second kappa shape index (κ2) is 3.42. The van der Waals surface area contributed by atoms with Crippen molar-refractivity contribution in [2.75, 3.05) is 0 Å². The molecule has 2 rings (SSSR count). The van der Waals surface area contributed by atoms with Gasteiger partial charge in [-0.3, -0.25) is 0 Å². The molecule has 0 unspecified atom stereocenters. The van der Waals surface area contributed by atoms with Gasteiger partial charge >= 0.3 is 11.9 Å². The molecule has 1 heterocycles. The molecule has 1 aromatic heterocycles. The van der Waals surface area contributed by atoms with Crippen molar-refractivity contribution in [1.82, 2.24) is 4.98 Å². The second-order valence-corrected chi connectivity index (χ2v) is 2.92. The van der Waals surface area contributed by atoms with Gasteiger partial charge in [0, 0.05) is 5.56 Å². The summed E-state index contributed by atoms with van der Waals surface area (Å²) in [5.74, 6) is -1.57. The third-order valence-electron chi connectivity index (χ3n) is 1.95. The summed E-state index contributed by atoms with van der Waals surface area (Å²) in [6.45, 7) is 0. The number of hydrogen-bond donors (Lipinski definition) is 1. The highest BCUT2D eigenvalue weighted by molar-refractivity contribution is 5.87. The number of hydrogen-bond acceptors (Lipinski definition) is 4. The lowest BCUT2D eigenvalue weighted by atomic mass is 10.1. The first-order valence-corrected chi connectivity index (χ1v) is 4.21. The van der Waals surface area contributed by atoms with Crippen LogP contribution in [0.4, 0.5) is 0 Å². The minimum absolute atomic E-state index is 0.172. The number of para-hydroxylation sites is 1. The molecular weight excluding hydrogens is 196 g/mol. The minimum atomic E-state index is -1.21. The number of oxazole rings is 1. The van der Waals surface area contributed by atoms with Crippen molar-refractivity contribution >= 4 is 17.1 Å². The number of aromatic carboxylic acids is 1. The molecule has 1 aromatic carbocycles.